The summed E-state index contributed by atoms with van der Waals surface area (Å²) in [6, 6.07) is 2.14. The molecule has 0 saturated heterocycles. The lowest BCUT2D eigenvalue weighted by Gasteiger charge is -2.20. The average molecular weight is 369 g/mol. The molecule has 128 valence electrons. The van der Waals surface area contributed by atoms with Crippen molar-refractivity contribution in [3.05, 3.63) is 32.3 Å². The van der Waals surface area contributed by atoms with Crippen LogP contribution in [0.3, 0.4) is 0 Å². The normalized spacial score (nSPS) is 14.9. The molecule has 0 unspecified atom stereocenters. The number of nitro groups is 1. The molecule has 0 heterocycles. The van der Waals surface area contributed by atoms with Gasteiger partial charge in [0, 0.05) is 6.07 Å². The number of aliphatic hydroxyl groups excluding tert-OH is 4. The number of nitrogens with zero attached hydrogens (tertiary/aromatic N) is 1. The zero-order valence-corrected chi connectivity index (χ0v) is 13.0. The number of benzene rings is 1. The highest BCUT2D eigenvalue weighted by Crippen LogP contribution is 2.33. The number of Topliss-reactive ketones (excluding diaryl/α,β-unsaturated/α-hetero) is 1. The molecule has 0 aliphatic rings. The minimum absolute atomic E-state index is 0.0171. The number of nitro benzene ring substituents is 1. The van der Waals surface area contributed by atoms with Crippen LogP contribution in [0, 0.1) is 10.1 Å². The van der Waals surface area contributed by atoms with E-state index in [9.17, 15) is 25.1 Å². The van der Waals surface area contributed by atoms with E-state index < -0.39 is 47.9 Å². The van der Waals surface area contributed by atoms with Gasteiger partial charge in [-0.25, -0.2) is 0 Å². The highest BCUT2D eigenvalue weighted by atomic mass is 35.5. The molecule has 1 aromatic carbocycles. The second kappa shape index (κ2) is 8.39. The Morgan fingerprint density at radius 2 is 1.83 bits per heavy atom. The second-order valence-corrected chi connectivity index (χ2v) is 5.36. The van der Waals surface area contributed by atoms with Crippen molar-refractivity contribution in [2.75, 3.05) is 18.5 Å². The maximum absolute atomic E-state index is 11.7. The minimum atomic E-state index is -1.98. The fraction of sp³-hybridized carbons (Fsp3) is 0.417. The molecular formula is C12H14Cl2N2O7. The van der Waals surface area contributed by atoms with E-state index >= 15 is 0 Å². The molecule has 9 nitrogen and oxygen atoms in total. The molecule has 0 spiro atoms. The van der Waals surface area contributed by atoms with Gasteiger partial charge in [0.05, 0.1) is 28.1 Å². The van der Waals surface area contributed by atoms with Gasteiger partial charge >= 0.3 is 0 Å². The van der Waals surface area contributed by atoms with Gasteiger partial charge in [-0.3, -0.25) is 14.9 Å². The number of ketones is 1. The van der Waals surface area contributed by atoms with Crippen LogP contribution < -0.4 is 5.32 Å². The van der Waals surface area contributed by atoms with Crippen LogP contribution in [0.1, 0.15) is 0 Å². The van der Waals surface area contributed by atoms with Crippen LogP contribution in [0.5, 0.6) is 0 Å². The summed E-state index contributed by atoms with van der Waals surface area (Å²) in [5, 5.41) is 50.1. The second-order valence-electron chi connectivity index (χ2n) is 4.55. The molecule has 0 saturated carbocycles. The molecule has 0 amide bonds. The zero-order valence-electron chi connectivity index (χ0n) is 11.5. The Bertz CT molecular complexity index is 599. The summed E-state index contributed by atoms with van der Waals surface area (Å²) in [6.07, 6.45) is -5.57. The van der Waals surface area contributed by atoms with Gasteiger partial charge in [0.2, 0.25) is 0 Å². The van der Waals surface area contributed by atoms with E-state index in [1.807, 2.05) is 0 Å². The summed E-state index contributed by atoms with van der Waals surface area (Å²) in [4.78, 5) is 21.9. The van der Waals surface area contributed by atoms with Crippen molar-refractivity contribution in [1.29, 1.82) is 0 Å². The molecular weight excluding hydrogens is 355 g/mol. The lowest BCUT2D eigenvalue weighted by atomic mass is 10.0. The quantitative estimate of drug-likeness (QED) is 0.316. The Kier molecular flexibility index (Phi) is 7.13. The van der Waals surface area contributed by atoms with Crippen LogP contribution in [-0.4, -0.2) is 62.6 Å². The van der Waals surface area contributed by atoms with E-state index in [2.05, 4.69) is 5.32 Å². The van der Waals surface area contributed by atoms with Gasteiger partial charge in [-0.2, -0.15) is 0 Å². The average Bonchev–Trinajstić information content (AvgIpc) is 2.52. The van der Waals surface area contributed by atoms with E-state index in [0.717, 1.165) is 12.1 Å². The summed E-state index contributed by atoms with van der Waals surface area (Å²) in [5.41, 5.74) is -0.542. The highest BCUT2D eigenvalue weighted by Gasteiger charge is 2.30. The number of rotatable bonds is 8. The number of hydrogen-bond acceptors (Lipinski definition) is 8. The van der Waals surface area contributed by atoms with Crippen LogP contribution >= 0.6 is 23.2 Å². The Morgan fingerprint density at radius 3 is 2.35 bits per heavy atom. The first-order valence-corrected chi connectivity index (χ1v) is 6.99. The summed E-state index contributed by atoms with van der Waals surface area (Å²) < 4.78 is 0. The molecule has 0 aliphatic carbocycles. The molecule has 1 rings (SSSR count). The van der Waals surface area contributed by atoms with Crippen LogP contribution in [-0.2, 0) is 4.79 Å². The third kappa shape index (κ3) is 4.99. The van der Waals surface area contributed by atoms with Gasteiger partial charge in [-0.05, 0) is 6.07 Å². The van der Waals surface area contributed by atoms with Crippen LogP contribution in [0.15, 0.2) is 12.1 Å². The summed E-state index contributed by atoms with van der Waals surface area (Å²) >= 11 is 11.4. The third-order valence-electron chi connectivity index (χ3n) is 2.92. The number of carbonyl (C=O) groups is 1. The molecule has 11 heteroatoms. The molecule has 1 aromatic rings. The first-order valence-electron chi connectivity index (χ1n) is 6.24. The molecule has 5 N–H and O–H groups in total. The first-order chi connectivity index (χ1) is 10.7. The van der Waals surface area contributed by atoms with Crippen LogP contribution in [0.2, 0.25) is 10.0 Å². The number of halogens is 2. The number of anilines is 1. The molecule has 0 aliphatic heterocycles. The van der Waals surface area contributed by atoms with Gasteiger partial charge < -0.3 is 25.7 Å². The number of hydrogen-bond donors (Lipinski definition) is 5. The van der Waals surface area contributed by atoms with Gasteiger partial charge in [0.25, 0.3) is 5.69 Å². The summed E-state index contributed by atoms with van der Waals surface area (Å²) in [6.45, 7) is -1.44. The first kappa shape index (κ1) is 19.6. The van der Waals surface area contributed by atoms with Crippen molar-refractivity contribution in [3.8, 4) is 0 Å². The molecule has 0 bridgehead atoms. The number of carbonyl (C=O) groups excluding carboxylic acids is 1. The van der Waals surface area contributed by atoms with E-state index in [-0.39, 0.29) is 15.7 Å². The fourth-order valence-corrected chi connectivity index (χ4v) is 1.95. The van der Waals surface area contributed by atoms with Crippen LogP contribution in [0.4, 0.5) is 11.4 Å². The van der Waals surface area contributed by atoms with Crippen molar-refractivity contribution >= 4 is 40.4 Å². The monoisotopic (exact) mass is 368 g/mol. The predicted molar refractivity (Wildman–Crippen MR) is 81.7 cm³/mol. The Morgan fingerprint density at radius 1 is 1.26 bits per heavy atom. The van der Waals surface area contributed by atoms with Gasteiger partial charge in [-0.1, -0.05) is 23.2 Å². The van der Waals surface area contributed by atoms with Crippen LogP contribution in [0.25, 0.3) is 0 Å². The topological polar surface area (TPSA) is 153 Å². The summed E-state index contributed by atoms with van der Waals surface area (Å²) in [5.74, 6) is -0.953. The molecule has 0 aromatic heterocycles. The Hall–Kier alpha value is -1.49. The fourth-order valence-electron chi connectivity index (χ4n) is 1.62. The largest absolute Gasteiger partial charge is 0.394 e. The van der Waals surface area contributed by atoms with Gasteiger partial charge in [-0.15, -0.1) is 0 Å². The van der Waals surface area contributed by atoms with E-state index in [0.29, 0.717) is 0 Å². The molecule has 23 heavy (non-hydrogen) atoms. The lowest BCUT2D eigenvalue weighted by Crippen LogP contribution is -2.45. The summed E-state index contributed by atoms with van der Waals surface area (Å²) in [7, 11) is 0. The maximum Gasteiger partial charge on any atom is 0.293 e. The third-order valence-corrected chi connectivity index (χ3v) is 3.65. The van der Waals surface area contributed by atoms with E-state index in [4.69, 9.17) is 33.4 Å². The van der Waals surface area contributed by atoms with E-state index in [1.54, 1.807) is 0 Å². The van der Waals surface area contributed by atoms with Crippen molar-refractivity contribution in [2.24, 2.45) is 0 Å². The SMILES string of the molecule is O=C(CNc1cc(Cl)c(Cl)cc1[N+](=O)[O-])[C@H](O)[C@@H](O)[C@H](O)CO. The van der Waals surface area contributed by atoms with Crippen molar-refractivity contribution in [2.45, 2.75) is 18.3 Å². The Labute approximate surface area is 140 Å². The predicted octanol–water partition coefficient (Wildman–Crippen LogP) is -0.0424. The highest BCUT2D eigenvalue weighted by molar-refractivity contribution is 6.42. The van der Waals surface area contributed by atoms with Crippen molar-refractivity contribution in [3.63, 3.8) is 0 Å². The number of nitrogens with one attached hydrogen (secondary N) is 1. The maximum atomic E-state index is 11.7. The number of aliphatic hydroxyl groups is 4. The van der Waals surface area contributed by atoms with Crippen molar-refractivity contribution in [1.82, 2.24) is 0 Å². The lowest BCUT2D eigenvalue weighted by molar-refractivity contribution is -0.383. The molecule has 3 atom stereocenters. The molecule has 0 fully saturated rings. The minimum Gasteiger partial charge on any atom is -0.394 e. The van der Waals surface area contributed by atoms with Crippen molar-refractivity contribution < 1.29 is 30.1 Å². The van der Waals surface area contributed by atoms with Gasteiger partial charge in [0.1, 0.15) is 24.0 Å². The zero-order chi connectivity index (χ0) is 17.7. The molecule has 0 radical (unpaired) electrons. The van der Waals surface area contributed by atoms with Gasteiger partial charge in [0.15, 0.2) is 5.78 Å². The Balaban J connectivity index is 2.84. The standard InChI is InChI=1S/C12H14Cl2N2O7/c13-5-1-7(8(16(22)23)2-6(5)14)15-3-9(18)11(20)12(21)10(19)4-17/h1-2,10-12,15,17,19-21H,3-4H2/t10-,11+,12+/m1/s1. The van der Waals surface area contributed by atoms with E-state index in [1.165, 1.54) is 0 Å². The smallest absolute Gasteiger partial charge is 0.293 e.